The summed E-state index contributed by atoms with van der Waals surface area (Å²) < 4.78 is 6.51. The summed E-state index contributed by atoms with van der Waals surface area (Å²) in [5.41, 5.74) is 0.724. The summed E-state index contributed by atoms with van der Waals surface area (Å²) in [5.74, 6) is 0. The van der Waals surface area contributed by atoms with Crippen LogP contribution in [0.25, 0.3) is 0 Å². The molecule has 0 radical (unpaired) electrons. The molecule has 2 fully saturated rings. The topological polar surface area (TPSA) is 9.23 Å². The first-order chi connectivity index (χ1) is 8.61. The highest BCUT2D eigenvalue weighted by Crippen LogP contribution is 2.45. The smallest absolute Gasteiger partial charge is 0.0687 e. The van der Waals surface area contributed by atoms with Crippen LogP contribution in [0.2, 0.25) is 0 Å². The van der Waals surface area contributed by atoms with Crippen molar-refractivity contribution < 1.29 is 4.74 Å². The van der Waals surface area contributed by atoms with Gasteiger partial charge in [-0.15, -0.1) is 0 Å². The number of halogens is 1. The Labute approximate surface area is 121 Å². The van der Waals surface area contributed by atoms with Crippen molar-refractivity contribution in [3.8, 4) is 0 Å². The lowest BCUT2D eigenvalue weighted by atomic mass is 9.81. The Morgan fingerprint density at radius 1 is 1.22 bits per heavy atom. The predicted octanol–water partition coefficient (Wildman–Crippen LogP) is 5.46. The van der Waals surface area contributed by atoms with Crippen LogP contribution in [0.4, 0.5) is 0 Å². The lowest BCUT2D eigenvalue weighted by Gasteiger charge is -2.35. The Morgan fingerprint density at radius 2 is 1.94 bits per heavy atom. The van der Waals surface area contributed by atoms with E-state index in [1.54, 1.807) is 0 Å². The quantitative estimate of drug-likeness (QED) is 0.612. The first-order valence-electron chi connectivity index (χ1n) is 7.85. The molecule has 0 aromatic rings. The van der Waals surface area contributed by atoms with Gasteiger partial charge in [0.05, 0.1) is 11.7 Å². The van der Waals surface area contributed by atoms with Gasteiger partial charge in [-0.25, -0.2) is 0 Å². The van der Waals surface area contributed by atoms with E-state index >= 15 is 0 Å². The van der Waals surface area contributed by atoms with Gasteiger partial charge in [0.1, 0.15) is 0 Å². The van der Waals surface area contributed by atoms with Crippen molar-refractivity contribution in [2.75, 3.05) is 5.33 Å². The maximum absolute atomic E-state index is 6.51. The summed E-state index contributed by atoms with van der Waals surface area (Å²) in [4.78, 5) is 0. The molecule has 2 rings (SSSR count). The normalized spacial score (nSPS) is 30.5. The van der Waals surface area contributed by atoms with Gasteiger partial charge in [-0.05, 0) is 43.9 Å². The molecule has 2 unspecified atom stereocenters. The highest BCUT2D eigenvalue weighted by Gasteiger charge is 2.42. The molecule has 1 saturated heterocycles. The molecule has 0 bridgehead atoms. The maximum atomic E-state index is 6.51. The van der Waals surface area contributed by atoms with Crippen LogP contribution in [0, 0.1) is 5.41 Å². The fraction of sp³-hybridized carbons (Fsp3) is 1.00. The van der Waals surface area contributed by atoms with Crippen LogP contribution in [0.3, 0.4) is 0 Å². The Morgan fingerprint density at radius 3 is 2.56 bits per heavy atom. The lowest BCUT2D eigenvalue weighted by molar-refractivity contribution is -0.0747. The molecule has 2 aliphatic rings. The molecular formula is C16H29BrO. The molecule has 0 amide bonds. The summed E-state index contributed by atoms with van der Waals surface area (Å²) in [6.07, 6.45) is 13.8. The molecule has 1 aliphatic heterocycles. The minimum atomic E-state index is 0.294. The summed E-state index contributed by atoms with van der Waals surface area (Å²) >= 11 is 3.71. The number of rotatable bonds is 5. The Kier molecular flexibility index (Phi) is 5.16. The molecule has 1 spiro atoms. The zero-order valence-electron chi connectivity index (χ0n) is 12.1. The van der Waals surface area contributed by atoms with Gasteiger partial charge < -0.3 is 4.74 Å². The van der Waals surface area contributed by atoms with Crippen molar-refractivity contribution in [1.29, 1.82) is 0 Å². The van der Waals surface area contributed by atoms with Gasteiger partial charge in [0.2, 0.25) is 0 Å². The van der Waals surface area contributed by atoms with Gasteiger partial charge >= 0.3 is 0 Å². The summed E-state index contributed by atoms with van der Waals surface area (Å²) in [7, 11) is 0. The maximum Gasteiger partial charge on any atom is 0.0687 e. The average Bonchev–Trinajstić information content (AvgIpc) is 2.73. The van der Waals surface area contributed by atoms with Gasteiger partial charge in [-0.1, -0.05) is 55.5 Å². The monoisotopic (exact) mass is 316 g/mol. The second kappa shape index (κ2) is 6.26. The fourth-order valence-electron chi connectivity index (χ4n) is 3.98. The van der Waals surface area contributed by atoms with E-state index in [-0.39, 0.29) is 0 Å². The fourth-order valence-corrected chi connectivity index (χ4v) is 4.49. The van der Waals surface area contributed by atoms with Crippen molar-refractivity contribution in [1.82, 2.24) is 0 Å². The first-order valence-corrected chi connectivity index (χ1v) is 8.97. The molecule has 1 saturated carbocycles. The number of ether oxygens (including phenoxy) is 1. The van der Waals surface area contributed by atoms with Crippen LogP contribution in [0.5, 0.6) is 0 Å². The predicted molar refractivity (Wildman–Crippen MR) is 81.3 cm³/mol. The molecule has 1 nitrogen and oxygen atoms in total. The van der Waals surface area contributed by atoms with Crippen molar-refractivity contribution in [2.45, 2.75) is 89.8 Å². The molecule has 0 aromatic heterocycles. The average molecular weight is 317 g/mol. The third-order valence-electron chi connectivity index (χ3n) is 5.00. The van der Waals surface area contributed by atoms with Gasteiger partial charge in [0, 0.05) is 5.33 Å². The van der Waals surface area contributed by atoms with E-state index in [2.05, 4.69) is 29.8 Å². The van der Waals surface area contributed by atoms with Gasteiger partial charge in [0.15, 0.2) is 0 Å². The van der Waals surface area contributed by atoms with Crippen LogP contribution >= 0.6 is 15.9 Å². The Balaban J connectivity index is 1.88. The van der Waals surface area contributed by atoms with E-state index in [1.165, 1.54) is 64.2 Å². The lowest BCUT2D eigenvalue weighted by Crippen LogP contribution is -2.33. The van der Waals surface area contributed by atoms with Gasteiger partial charge in [-0.3, -0.25) is 0 Å². The second-order valence-corrected chi connectivity index (χ2v) is 7.48. The molecule has 1 heterocycles. The van der Waals surface area contributed by atoms with E-state index in [9.17, 15) is 0 Å². The van der Waals surface area contributed by atoms with Crippen molar-refractivity contribution in [3.63, 3.8) is 0 Å². The van der Waals surface area contributed by atoms with E-state index < -0.39 is 0 Å². The molecule has 1 aliphatic carbocycles. The number of alkyl halides is 1. The Bertz CT molecular complexity index is 260. The van der Waals surface area contributed by atoms with E-state index in [4.69, 9.17) is 4.74 Å². The van der Waals surface area contributed by atoms with Crippen LogP contribution in [-0.2, 0) is 4.74 Å². The summed E-state index contributed by atoms with van der Waals surface area (Å²) in [6, 6.07) is 0. The third kappa shape index (κ3) is 3.50. The van der Waals surface area contributed by atoms with E-state index in [0.29, 0.717) is 17.1 Å². The molecule has 18 heavy (non-hydrogen) atoms. The molecule has 0 aromatic carbocycles. The SMILES string of the molecule is CCCC(C)(CBr)CC1CCC2(CCCCC2)O1. The van der Waals surface area contributed by atoms with E-state index in [1.807, 2.05) is 0 Å². The minimum absolute atomic E-state index is 0.294. The molecule has 2 heteroatoms. The standard InChI is InChI=1S/C16H29BrO/c1-3-8-15(2,13-17)12-14-7-11-16(18-14)9-5-4-6-10-16/h14H,3-13H2,1-2H3. The Hall–Kier alpha value is 0.440. The summed E-state index contributed by atoms with van der Waals surface area (Å²) in [5, 5.41) is 1.11. The molecular weight excluding hydrogens is 288 g/mol. The van der Waals surface area contributed by atoms with E-state index in [0.717, 1.165) is 5.33 Å². The zero-order valence-corrected chi connectivity index (χ0v) is 13.7. The molecule has 2 atom stereocenters. The molecule has 0 N–H and O–H groups in total. The largest absolute Gasteiger partial charge is 0.372 e. The highest BCUT2D eigenvalue weighted by molar-refractivity contribution is 9.09. The van der Waals surface area contributed by atoms with Gasteiger partial charge in [0.25, 0.3) is 0 Å². The van der Waals surface area contributed by atoms with Crippen molar-refractivity contribution >= 4 is 15.9 Å². The zero-order chi connectivity index (χ0) is 13.1. The number of hydrogen-bond acceptors (Lipinski definition) is 1. The molecule has 106 valence electrons. The first kappa shape index (κ1) is 14.8. The highest BCUT2D eigenvalue weighted by atomic mass is 79.9. The third-order valence-corrected chi connectivity index (χ3v) is 6.35. The van der Waals surface area contributed by atoms with Crippen molar-refractivity contribution in [2.24, 2.45) is 5.41 Å². The summed E-state index contributed by atoms with van der Waals surface area (Å²) in [6.45, 7) is 4.71. The van der Waals surface area contributed by atoms with Crippen LogP contribution in [-0.4, -0.2) is 17.0 Å². The van der Waals surface area contributed by atoms with Crippen LogP contribution in [0.1, 0.15) is 78.1 Å². The van der Waals surface area contributed by atoms with Crippen LogP contribution in [0.15, 0.2) is 0 Å². The minimum Gasteiger partial charge on any atom is -0.372 e. The number of hydrogen-bond donors (Lipinski definition) is 0. The van der Waals surface area contributed by atoms with Crippen LogP contribution < -0.4 is 0 Å². The second-order valence-electron chi connectivity index (χ2n) is 6.92. The van der Waals surface area contributed by atoms with Crippen molar-refractivity contribution in [3.05, 3.63) is 0 Å². The van der Waals surface area contributed by atoms with Gasteiger partial charge in [-0.2, -0.15) is 0 Å².